The van der Waals surface area contributed by atoms with Gasteiger partial charge < -0.3 is 9.84 Å². The van der Waals surface area contributed by atoms with E-state index in [1.807, 2.05) is 0 Å². The van der Waals surface area contributed by atoms with Crippen molar-refractivity contribution in [2.24, 2.45) is 0 Å². The lowest BCUT2D eigenvalue weighted by Crippen LogP contribution is -2.25. The van der Waals surface area contributed by atoms with Gasteiger partial charge in [0.1, 0.15) is 5.60 Å². The molecule has 1 N–H and O–H groups in total. The molecule has 1 aromatic heterocycles. The van der Waals surface area contributed by atoms with Crippen molar-refractivity contribution in [1.29, 1.82) is 0 Å². The molecule has 0 aliphatic carbocycles. The number of rotatable bonds is 2. The monoisotopic (exact) mass is 209 g/mol. The predicted octanol–water partition coefficient (Wildman–Crippen LogP) is 1.53. The quantitative estimate of drug-likeness (QED) is 0.750. The first-order valence-electron chi connectivity index (χ1n) is 4.72. The van der Waals surface area contributed by atoms with Gasteiger partial charge in [-0.05, 0) is 26.8 Å². The molecule has 82 valence electrons. The molecule has 0 atom stereocenters. The van der Waals surface area contributed by atoms with Crippen LogP contribution in [0, 0.1) is 0 Å². The SMILES string of the molecule is CC(C)(C)OC(=O)c1ncccc1CO. The van der Waals surface area contributed by atoms with Gasteiger partial charge in [0.15, 0.2) is 5.69 Å². The van der Waals surface area contributed by atoms with Gasteiger partial charge in [-0.15, -0.1) is 0 Å². The molecule has 0 amide bonds. The van der Waals surface area contributed by atoms with Gasteiger partial charge in [0.2, 0.25) is 0 Å². The van der Waals surface area contributed by atoms with Crippen molar-refractivity contribution in [1.82, 2.24) is 4.98 Å². The van der Waals surface area contributed by atoms with Gasteiger partial charge in [0.25, 0.3) is 0 Å². The summed E-state index contributed by atoms with van der Waals surface area (Å²) in [5.74, 6) is -0.507. The maximum absolute atomic E-state index is 11.6. The van der Waals surface area contributed by atoms with Crippen LogP contribution >= 0.6 is 0 Å². The number of aromatic nitrogens is 1. The molecular weight excluding hydrogens is 194 g/mol. The molecule has 4 heteroatoms. The van der Waals surface area contributed by atoms with Gasteiger partial charge in [-0.25, -0.2) is 9.78 Å². The Morgan fingerprint density at radius 3 is 2.73 bits per heavy atom. The minimum Gasteiger partial charge on any atom is -0.455 e. The molecule has 0 radical (unpaired) electrons. The van der Waals surface area contributed by atoms with Gasteiger partial charge in [-0.2, -0.15) is 0 Å². The normalized spacial score (nSPS) is 11.2. The van der Waals surface area contributed by atoms with E-state index >= 15 is 0 Å². The first kappa shape index (κ1) is 11.7. The van der Waals surface area contributed by atoms with Crippen LogP contribution in [0.3, 0.4) is 0 Å². The summed E-state index contributed by atoms with van der Waals surface area (Å²) in [5.41, 5.74) is 0.100. The maximum Gasteiger partial charge on any atom is 0.357 e. The van der Waals surface area contributed by atoms with Crippen LogP contribution in [-0.4, -0.2) is 21.7 Å². The molecule has 0 bridgehead atoms. The van der Waals surface area contributed by atoms with Gasteiger partial charge in [0, 0.05) is 11.8 Å². The van der Waals surface area contributed by atoms with Crippen molar-refractivity contribution in [2.45, 2.75) is 33.0 Å². The fraction of sp³-hybridized carbons (Fsp3) is 0.455. The van der Waals surface area contributed by atoms with E-state index in [4.69, 9.17) is 9.84 Å². The Hall–Kier alpha value is -1.42. The van der Waals surface area contributed by atoms with Gasteiger partial charge in [-0.1, -0.05) is 6.07 Å². The molecular formula is C11H15NO3. The Morgan fingerprint density at radius 1 is 1.53 bits per heavy atom. The third-order valence-corrected chi connectivity index (χ3v) is 1.65. The smallest absolute Gasteiger partial charge is 0.357 e. The highest BCUT2D eigenvalue weighted by atomic mass is 16.6. The van der Waals surface area contributed by atoms with E-state index in [-0.39, 0.29) is 12.3 Å². The first-order valence-corrected chi connectivity index (χ1v) is 4.72. The van der Waals surface area contributed by atoms with Gasteiger partial charge >= 0.3 is 5.97 Å². The summed E-state index contributed by atoms with van der Waals surface area (Å²) in [6.45, 7) is 5.13. The summed E-state index contributed by atoms with van der Waals surface area (Å²) >= 11 is 0. The fourth-order valence-electron chi connectivity index (χ4n) is 1.08. The van der Waals surface area contributed by atoms with Crippen LogP contribution < -0.4 is 0 Å². The third kappa shape index (κ3) is 3.32. The van der Waals surface area contributed by atoms with Crippen molar-refractivity contribution in [2.75, 3.05) is 0 Å². The second-order valence-corrected chi connectivity index (χ2v) is 4.17. The fourth-order valence-corrected chi connectivity index (χ4v) is 1.08. The van der Waals surface area contributed by atoms with Crippen LogP contribution in [0.1, 0.15) is 36.8 Å². The van der Waals surface area contributed by atoms with Crippen LogP contribution in [0.25, 0.3) is 0 Å². The molecule has 4 nitrogen and oxygen atoms in total. The van der Waals surface area contributed by atoms with E-state index in [1.54, 1.807) is 32.9 Å². The molecule has 0 saturated heterocycles. The Bertz CT molecular complexity index is 355. The molecule has 0 saturated carbocycles. The maximum atomic E-state index is 11.6. The topological polar surface area (TPSA) is 59.4 Å². The molecule has 0 fully saturated rings. The summed E-state index contributed by atoms with van der Waals surface area (Å²) < 4.78 is 5.15. The number of esters is 1. The lowest BCUT2D eigenvalue weighted by molar-refractivity contribution is 0.00596. The number of ether oxygens (including phenoxy) is 1. The number of pyridine rings is 1. The number of aliphatic hydroxyl groups is 1. The standard InChI is InChI=1S/C11H15NO3/c1-11(2,3)15-10(14)9-8(7-13)5-4-6-12-9/h4-6,13H,7H2,1-3H3. The predicted molar refractivity (Wildman–Crippen MR) is 55.3 cm³/mol. The van der Waals surface area contributed by atoms with Crippen molar-refractivity contribution in [3.63, 3.8) is 0 Å². The second-order valence-electron chi connectivity index (χ2n) is 4.17. The van der Waals surface area contributed by atoms with Crippen molar-refractivity contribution >= 4 is 5.97 Å². The molecule has 1 rings (SSSR count). The molecule has 15 heavy (non-hydrogen) atoms. The number of hydrogen-bond acceptors (Lipinski definition) is 4. The Balaban J connectivity index is 2.91. The lowest BCUT2D eigenvalue weighted by Gasteiger charge is -2.19. The van der Waals surface area contributed by atoms with Crippen LogP contribution in [0.5, 0.6) is 0 Å². The number of carbonyl (C=O) groups excluding carboxylic acids is 1. The summed E-state index contributed by atoms with van der Waals surface area (Å²) in [5, 5.41) is 9.02. The zero-order valence-corrected chi connectivity index (χ0v) is 9.15. The average Bonchev–Trinajstić information content (AvgIpc) is 2.15. The summed E-state index contributed by atoms with van der Waals surface area (Å²) in [7, 11) is 0. The zero-order chi connectivity index (χ0) is 11.5. The third-order valence-electron chi connectivity index (χ3n) is 1.65. The minimum atomic E-state index is -0.554. The van der Waals surface area contributed by atoms with Crippen LogP contribution in [0.4, 0.5) is 0 Å². The van der Waals surface area contributed by atoms with E-state index < -0.39 is 11.6 Å². The molecule has 0 spiro atoms. The second kappa shape index (κ2) is 4.40. The highest BCUT2D eigenvalue weighted by Crippen LogP contribution is 2.13. The Morgan fingerprint density at radius 2 is 2.20 bits per heavy atom. The molecule has 0 aliphatic rings. The van der Waals surface area contributed by atoms with Crippen molar-refractivity contribution in [3.05, 3.63) is 29.6 Å². The van der Waals surface area contributed by atoms with Crippen molar-refractivity contribution in [3.8, 4) is 0 Å². The number of nitrogens with zero attached hydrogens (tertiary/aromatic N) is 1. The van der Waals surface area contributed by atoms with Crippen molar-refractivity contribution < 1.29 is 14.6 Å². The van der Waals surface area contributed by atoms with E-state index in [1.165, 1.54) is 6.20 Å². The van der Waals surface area contributed by atoms with E-state index in [2.05, 4.69) is 4.98 Å². The largest absolute Gasteiger partial charge is 0.455 e. The Kier molecular flexibility index (Phi) is 3.42. The first-order chi connectivity index (χ1) is 6.94. The van der Waals surface area contributed by atoms with E-state index in [0.29, 0.717) is 5.56 Å². The van der Waals surface area contributed by atoms with Crippen LogP contribution in [-0.2, 0) is 11.3 Å². The molecule has 1 heterocycles. The lowest BCUT2D eigenvalue weighted by atomic mass is 10.1. The highest BCUT2D eigenvalue weighted by Gasteiger charge is 2.20. The van der Waals surface area contributed by atoms with Crippen LogP contribution in [0.2, 0.25) is 0 Å². The van der Waals surface area contributed by atoms with E-state index in [9.17, 15) is 4.79 Å². The average molecular weight is 209 g/mol. The zero-order valence-electron chi connectivity index (χ0n) is 9.15. The molecule has 0 aromatic carbocycles. The molecule has 0 aliphatic heterocycles. The number of aliphatic hydroxyl groups excluding tert-OH is 1. The number of carbonyl (C=O) groups is 1. The van der Waals surface area contributed by atoms with Gasteiger partial charge in [0.05, 0.1) is 6.61 Å². The summed E-state index contributed by atoms with van der Waals surface area (Å²) in [6.07, 6.45) is 1.50. The Labute approximate surface area is 88.9 Å². The van der Waals surface area contributed by atoms with E-state index in [0.717, 1.165) is 0 Å². The summed E-state index contributed by atoms with van der Waals surface area (Å²) in [6, 6.07) is 3.31. The van der Waals surface area contributed by atoms with Gasteiger partial charge in [-0.3, -0.25) is 0 Å². The molecule has 0 unspecified atom stereocenters. The van der Waals surface area contributed by atoms with Crippen LogP contribution in [0.15, 0.2) is 18.3 Å². The summed E-state index contributed by atoms with van der Waals surface area (Å²) in [4.78, 5) is 15.5. The minimum absolute atomic E-state index is 0.176. The number of hydrogen-bond donors (Lipinski definition) is 1. The highest BCUT2D eigenvalue weighted by molar-refractivity contribution is 5.89. The molecule has 1 aromatic rings.